The fraction of sp³-hybridized carbons (Fsp3) is 0.400. The van der Waals surface area contributed by atoms with E-state index in [9.17, 15) is 0 Å². The largest absolute Gasteiger partial charge is 0.459 e. The lowest BCUT2D eigenvalue weighted by atomic mass is 10.1. The molecule has 0 radical (unpaired) electrons. The van der Waals surface area contributed by atoms with Gasteiger partial charge in [0.05, 0.1) is 11.7 Å². The number of aromatic nitrogens is 1. The summed E-state index contributed by atoms with van der Waals surface area (Å²) < 4.78 is 11.1. The third-order valence-electron chi connectivity index (χ3n) is 4.38. The normalized spacial score (nSPS) is 12.7. The Labute approximate surface area is 176 Å². The zero-order chi connectivity index (χ0) is 18.5. The topological polar surface area (TPSA) is 75.6 Å². The van der Waals surface area contributed by atoms with Crippen LogP contribution in [-0.2, 0) is 6.42 Å². The predicted molar refractivity (Wildman–Crippen MR) is 119 cm³/mol. The first-order valence-corrected chi connectivity index (χ1v) is 9.03. The van der Waals surface area contributed by atoms with E-state index in [4.69, 9.17) is 8.94 Å². The Hall–Kier alpha value is -2.03. The zero-order valence-corrected chi connectivity index (χ0v) is 18.5. The van der Waals surface area contributed by atoms with Gasteiger partial charge in [-0.15, -0.1) is 24.0 Å². The molecular weight excluding hydrogens is 455 g/mol. The van der Waals surface area contributed by atoms with Crippen LogP contribution in [0, 0.1) is 13.8 Å². The fourth-order valence-corrected chi connectivity index (χ4v) is 2.95. The highest BCUT2D eigenvalue weighted by Gasteiger charge is 2.13. The van der Waals surface area contributed by atoms with E-state index in [0.29, 0.717) is 6.54 Å². The fourth-order valence-electron chi connectivity index (χ4n) is 2.95. The molecule has 27 heavy (non-hydrogen) atoms. The molecule has 3 aromatic rings. The molecule has 3 rings (SSSR count). The van der Waals surface area contributed by atoms with Crippen LogP contribution < -0.4 is 10.6 Å². The third-order valence-corrected chi connectivity index (χ3v) is 4.38. The van der Waals surface area contributed by atoms with Crippen LogP contribution in [0.2, 0.25) is 0 Å². The summed E-state index contributed by atoms with van der Waals surface area (Å²) in [6.45, 7) is 9.47. The van der Waals surface area contributed by atoms with E-state index in [1.54, 1.807) is 0 Å². The molecule has 0 aliphatic heterocycles. The SMILES string of the molecule is CCNC(=NCCc1c(C)noc1C)NC(C)c1cc2ccccc2o1.I. The number of nitrogens with one attached hydrogen (secondary N) is 2. The number of hydrogen-bond donors (Lipinski definition) is 2. The molecule has 0 spiro atoms. The summed E-state index contributed by atoms with van der Waals surface area (Å²) >= 11 is 0. The molecule has 0 fully saturated rings. The van der Waals surface area contributed by atoms with E-state index in [-0.39, 0.29) is 30.0 Å². The van der Waals surface area contributed by atoms with Gasteiger partial charge in [0.1, 0.15) is 17.1 Å². The Balaban J connectivity index is 0.00000261. The van der Waals surface area contributed by atoms with Gasteiger partial charge in [-0.2, -0.15) is 0 Å². The molecule has 1 aromatic carbocycles. The number of rotatable bonds is 6. The second-order valence-corrected chi connectivity index (χ2v) is 6.37. The molecule has 7 heteroatoms. The van der Waals surface area contributed by atoms with Crippen molar-refractivity contribution in [2.45, 2.75) is 40.2 Å². The molecule has 0 saturated carbocycles. The second-order valence-electron chi connectivity index (χ2n) is 6.37. The smallest absolute Gasteiger partial charge is 0.191 e. The highest BCUT2D eigenvalue weighted by molar-refractivity contribution is 14.0. The first-order valence-electron chi connectivity index (χ1n) is 9.03. The van der Waals surface area contributed by atoms with Crippen LogP contribution >= 0.6 is 24.0 Å². The van der Waals surface area contributed by atoms with Gasteiger partial charge in [0, 0.05) is 24.0 Å². The average molecular weight is 482 g/mol. The molecule has 2 aromatic heterocycles. The zero-order valence-electron chi connectivity index (χ0n) is 16.2. The molecule has 0 saturated heterocycles. The van der Waals surface area contributed by atoms with Crippen LogP contribution in [0.5, 0.6) is 0 Å². The third kappa shape index (κ3) is 5.24. The van der Waals surface area contributed by atoms with Crippen LogP contribution in [0.15, 0.2) is 44.3 Å². The quantitative estimate of drug-likeness (QED) is 0.307. The molecule has 1 unspecified atom stereocenters. The minimum atomic E-state index is 0. The van der Waals surface area contributed by atoms with Gasteiger partial charge in [-0.1, -0.05) is 23.4 Å². The molecule has 0 aliphatic rings. The maximum absolute atomic E-state index is 5.94. The molecule has 146 valence electrons. The maximum Gasteiger partial charge on any atom is 0.191 e. The lowest BCUT2D eigenvalue weighted by Gasteiger charge is -2.16. The van der Waals surface area contributed by atoms with Gasteiger partial charge in [-0.25, -0.2) is 0 Å². The number of para-hydroxylation sites is 1. The number of hydrogen-bond acceptors (Lipinski definition) is 4. The van der Waals surface area contributed by atoms with Gasteiger partial charge in [0.25, 0.3) is 0 Å². The Bertz CT molecular complexity index is 848. The van der Waals surface area contributed by atoms with Gasteiger partial charge in [-0.05, 0) is 46.2 Å². The van der Waals surface area contributed by atoms with Crippen molar-refractivity contribution >= 4 is 40.9 Å². The summed E-state index contributed by atoms with van der Waals surface area (Å²) in [6.07, 6.45) is 0.802. The van der Waals surface area contributed by atoms with Gasteiger partial charge < -0.3 is 19.6 Å². The van der Waals surface area contributed by atoms with Crippen LogP contribution in [0.1, 0.15) is 42.7 Å². The molecule has 0 aliphatic carbocycles. The van der Waals surface area contributed by atoms with Crippen molar-refractivity contribution in [1.29, 1.82) is 0 Å². The van der Waals surface area contributed by atoms with Crippen LogP contribution in [0.25, 0.3) is 11.0 Å². The highest BCUT2D eigenvalue weighted by atomic mass is 127. The Morgan fingerprint density at radius 1 is 1.26 bits per heavy atom. The first kappa shape index (κ1) is 21.3. The Morgan fingerprint density at radius 3 is 2.70 bits per heavy atom. The Morgan fingerprint density at radius 2 is 2.04 bits per heavy atom. The summed E-state index contributed by atoms with van der Waals surface area (Å²) in [5.74, 6) is 2.53. The first-order chi connectivity index (χ1) is 12.6. The second kappa shape index (κ2) is 9.77. The molecule has 1 atom stereocenters. The van der Waals surface area contributed by atoms with Crippen molar-refractivity contribution in [2.75, 3.05) is 13.1 Å². The summed E-state index contributed by atoms with van der Waals surface area (Å²) in [5, 5.41) is 11.8. The minimum Gasteiger partial charge on any atom is -0.459 e. The summed E-state index contributed by atoms with van der Waals surface area (Å²) in [6, 6.07) is 10.1. The van der Waals surface area contributed by atoms with E-state index in [1.165, 1.54) is 0 Å². The number of fused-ring (bicyclic) bond motifs is 1. The number of aliphatic imine (C=N–C) groups is 1. The number of guanidine groups is 1. The average Bonchev–Trinajstić information content (AvgIpc) is 3.20. The molecular formula is C20H27IN4O2. The highest BCUT2D eigenvalue weighted by Crippen LogP contribution is 2.23. The van der Waals surface area contributed by atoms with Crippen molar-refractivity contribution in [2.24, 2.45) is 4.99 Å². The summed E-state index contributed by atoms with van der Waals surface area (Å²) in [7, 11) is 0. The van der Waals surface area contributed by atoms with Gasteiger partial charge in [0.2, 0.25) is 0 Å². The van der Waals surface area contributed by atoms with Crippen molar-refractivity contribution in [3.63, 3.8) is 0 Å². The van der Waals surface area contributed by atoms with E-state index >= 15 is 0 Å². The van der Waals surface area contributed by atoms with E-state index in [0.717, 1.165) is 52.7 Å². The predicted octanol–water partition coefficient (Wildman–Crippen LogP) is 4.51. The summed E-state index contributed by atoms with van der Waals surface area (Å²) in [4.78, 5) is 4.67. The van der Waals surface area contributed by atoms with Crippen molar-refractivity contribution in [3.8, 4) is 0 Å². The van der Waals surface area contributed by atoms with Crippen LogP contribution in [-0.4, -0.2) is 24.2 Å². The van der Waals surface area contributed by atoms with Crippen molar-refractivity contribution in [1.82, 2.24) is 15.8 Å². The van der Waals surface area contributed by atoms with E-state index in [1.807, 2.05) is 32.0 Å². The number of nitrogens with zero attached hydrogens (tertiary/aromatic N) is 2. The minimum absolute atomic E-state index is 0. The molecule has 2 N–H and O–H groups in total. The lowest BCUT2D eigenvalue weighted by Crippen LogP contribution is -2.38. The number of aryl methyl sites for hydroxylation is 2. The molecule has 0 amide bonds. The molecule has 6 nitrogen and oxygen atoms in total. The lowest BCUT2D eigenvalue weighted by molar-refractivity contribution is 0.392. The molecule has 2 heterocycles. The van der Waals surface area contributed by atoms with E-state index in [2.05, 4.69) is 46.8 Å². The van der Waals surface area contributed by atoms with Gasteiger partial charge >= 0.3 is 0 Å². The standard InChI is InChI=1S/C20H26N4O2.HI/c1-5-21-20(22-11-10-17-13(2)24-26-15(17)4)23-14(3)19-12-16-8-6-7-9-18(16)25-19;/h6-9,12,14H,5,10-11H2,1-4H3,(H2,21,22,23);1H. The van der Waals surface area contributed by atoms with Gasteiger partial charge in [0.15, 0.2) is 5.96 Å². The summed E-state index contributed by atoms with van der Waals surface area (Å²) in [5.41, 5.74) is 2.97. The Kier molecular flexibility index (Phi) is 7.70. The molecule has 0 bridgehead atoms. The van der Waals surface area contributed by atoms with Crippen LogP contribution in [0.4, 0.5) is 0 Å². The monoisotopic (exact) mass is 482 g/mol. The van der Waals surface area contributed by atoms with Crippen molar-refractivity contribution in [3.05, 3.63) is 53.1 Å². The number of halogens is 1. The van der Waals surface area contributed by atoms with Crippen LogP contribution in [0.3, 0.4) is 0 Å². The maximum atomic E-state index is 5.94. The van der Waals surface area contributed by atoms with Gasteiger partial charge in [-0.3, -0.25) is 4.99 Å². The number of furan rings is 1. The number of benzene rings is 1. The van der Waals surface area contributed by atoms with E-state index < -0.39 is 0 Å². The van der Waals surface area contributed by atoms with Crippen molar-refractivity contribution < 1.29 is 8.94 Å².